The number of hydrogen-bond acceptors (Lipinski definition) is 3. The van der Waals surface area contributed by atoms with Crippen LogP contribution in [0.25, 0.3) is 10.1 Å². The first-order valence-corrected chi connectivity index (χ1v) is 10.4. The van der Waals surface area contributed by atoms with Gasteiger partial charge >= 0.3 is 0 Å². The van der Waals surface area contributed by atoms with Gasteiger partial charge in [0, 0.05) is 29.7 Å². The minimum Gasteiger partial charge on any atom is -0.302 e. The summed E-state index contributed by atoms with van der Waals surface area (Å²) in [7, 11) is 6.60. The van der Waals surface area contributed by atoms with Gasteiger partial charge in [-0.25, -0.2) is 0 Å². The molecule has 1 aliphatic heterocycles. The summed E-state index contributed by atoms with van der Waals surface area (Å²) in [5.41, 5.74) is 5.89. The maximum absolute atomic E-state index is 2.46. The predicted octanol–water partition coefficient (Wildman–Crippen LogP) is 5.49. The van der Waals surface area contributed by atoms with Gasteiger partial charge in [-0.05, 0) is 72.7 Å². The number of nitrogens with zero attached hydrogens (tertiary/aromatic N) is 2. The fraction of sp³-hybridized carbons (Fsp3) is 0.391. The van der Waals surface area contributed by atoms with Gasteiger partial charge in [-0.1, -0.05) is 37.3 Å². The summed E-state index contributed by atoms with van der Waals surface area (Å²) < 4.78 is 1.40. The standard InChI is InChI=1S/C23H28N2S/c1-5-22(24(2)3)18-8-9-20-19(12-18)14-25(4)15-21(20)17-7-6-16-10-11-26-23(16)13-17/h6-13,21-22H,5,14-15H2,1-4H3. The summed E-state index contributed by atoms with van der Waals surface area (Å²) in [4.78, 5) is 4.79. The molecule has 1 aliphatic rings. The summed E-state index contributed by atoms with van der Waals surface area (Å²) in [5.74, 6) is 0.462. The topological polar surface area (TPSA) is 6.48 Å². The molecule has 2 heterocycles. The molecule has 2 atom stereocenters. The highest BCUT2D eigenvalue weighted by molar-refractivity contribution is 7.17. The van der Waals surface area contributed by atoms with Gasteiger partial charge in [0.05, 0.1) is 0 Å². The third kappa shape index (κ3) is 3.20. The largest absolute Gasteiger partial charge is 0.302 e. The van der Waals surface area contributed by atoms with Crippen LogP contribution in [0.4, 0.5) is 0 Å². The van der Waals surface area contributed by atoms with Crippen molar-refractivity contribution in [2.75, 3.05) is 27.7 Å². The lowest BCUT2D eigenvalue weighted by Gasteiger charge is -2.34. The van der Waals surface area contributed by atoms with E-state index in [0.717, 1.165) is 19.5 Å². The van der Waals surface area contributed by atoms with E-state index in [0.29, 0.717) is 12.0 Å². The predicted molar refractivity (Wildman–Crippen MR) is 113 cm³/mol. The first-order valence-electron chi connectivity index (χ1n) is 9.51. The Morgan fingerprint density at radius 2 is 2.00 bits per heavy atom. The van der Waals surface area contributed by atoms with Crippen LogP contribution in [0.1, 0.15) is 47.6 Å². The van der Waals surface area contributed by atoms with Gasteiger partial charge in [0.15, 0.2) is 0 Å². The van der Waals surface area contributed by atoms with Gasteiger partial charge in [0.25, 0.3) is 0 Å². The van der Waals surface area contributed by atoms with Crippen LogP contribution in [0.3, 0.4) is 0 Å². The van der Waals surface area contributed by atoms with Crippen molar-refractivity contribution in [1.29, 1.82) is 0 Å². The number of fused-ring (bicyclic) bond motifs is 2. The monoisotopic (exact) mass is 364 g/mol. The van der Waals surface area contributed by atoms with E-state index in [9.17, 15) is 0 Å². The van der Waals surface area contributed by atoms with Crippen molar-refractivity contribution in [3.05, 3.63) is 70.1 Å². The molecule has 2 nitrogen and oxygen atoms in total. The van der Waals surface area contributed by atoms with Crippen molar-refractivity contribution in [3.8, 4) is 0 Å². The van der Waals surface area contributed by atoms with E-state index in [1.165, 1.54) is 32.3 Å². The smallest absolute Gasteiger partial charge is 0.0345 e. The molecule has 0 saturated carbocycles. The average molecular weight is 365 g/mol. The zero-order valence-corrected chi connectivity index (χ0v) is 17.0. The van der Waals surface area contributed by atoms with Crippen molar-refractivity contribution in [1.82, 2.24) is 9.80 Å². The Morgan fingerprint density at radius 1 is 1.15 bits per heavy atom. The molecule has 2 unspecified atom stereocenters. The van der Waals surface area contributed by atoms with Crippen LogP contribution in [0, 0.1) is 0 Å². The van der Waals surface area contributed by atoms with Crippen molar-refractivity contribution in [2.45, 2.75) is 31.8 Å². The van der Waals surface area contributed by atoms with Crippen molar-refractivity contribution in [3.63, 3.8) is 0 Å². The number of hydrogen-bond donors (Lipinski definition) is 0. The van der Waals surface area contributed by atoms with E-state index >= 15 is 0 Å². The number of benzene rings is 2. The Labute approximate surface area is 161 Å². The summed E-state index contributed by atoms with van der Waals surface area (Å²) in [6, 6.07) is 16.9. The second-order valence-corrected chi connectivity index (χ2v) is 8.76. The molecule has 0 spiro atoms. The quantitative estimate of drug-likeness (QED) is 0.604. The molecule has 26 heavy (non-hydrogen) atoms. The van der Waals surface area contributed by atoms with Crippen molar-refractivity contribution < 1.29 is 0 Å². The zero-order valence-electron chi connectivity index (χ0n) is 16.2. The van der Waals surface area contributed by atoms with Gasteiger partial charge in [0.1, 0.15) is 0 Å². The molecule has 0 bridgehead atoms. The lowest BCUT2D eigenvalue weighted by atomic mass is 9.83. The molecule has 0 aliphatic carbocycles. The van der Waals surface area contributed by atoms with Crippen LogP contribution in [-0.4, -0.2) is 37.5 Å². The first kappa shape index (κ1) is 17.7. The minimum absolute atomic E-state index is 0.462. The van der Waals surface area contributed by atoms with Gasteiger partial charge in [-0.2, -0.15) is 0 Å². The maximum Gasteiger partial charge on any atom is 0.0345 e. The highest BCUT2D eigenvalue weighted by atomic mass is 32.1. The Balaban J connectivity index is 1.75. The Hall–Kier alpha value is -1.68. The first-order chi connectivity index (χ1) is 12.6. The molecule has 0 amide bonds. The van der Waals surface area contributed by atoms with Crippen LogP contribution in [0.15, 0.2) is 47.8 Å². The van der Waals surface area contributed by atoms with Crippen LogP contribution < -0.4 is 0 Å². The van der Waals surface area contributed by atoms with Gasteiger partial charge < -0.3 is 9.80 Å². The Bertz CT molecular complexity index is 911. The van der Waals surface area contributed by atoms with E-state index in [1.54, 1.807) is 0 Å². The number of thiophene rings is 1. The molecular formula is C23H28N2S. The van der Waals surface area contributed by atoms with Crippen molar-refractivity contribution in [2.24, 2.45) is 0 Å². The minimum atomic E-state index is 0.462. The lowest BCUT2D eigenvalue weighted by molar-refractivity contribution is 0.285. The van der Waals surface area contributed by atoms with E-state index in [4.69, 9.17) is 0 Å². The molecule has 4 rings (SSSR count). The molecule has 3 heteroatoms. The lowest BCUT2D eigenvalue weighted by Crippen LogP contribution is -2.31. The summed E-state index contributed by atoms with van der Waals surface area (Å²) >= 11 is 1.84. The molecule has 136 valence electrons. The molecular weight excluding hydrogens is 336 g/mol. The van der Waals surface area contributed by atoms with Gasteiger partial charge in [-0.3, -0.25) is 0 Å². The zero-order chi connectivity index (χ0) is 18.3. The molecule has 3 aromatic rings. The van der Waals surface area contributed by atoms with E-state index in [1.807, 2.05) is 11.3 Å². The second-order valence-electron chi connectivity index (χ2n) is 7.81. The Kier molecular flexibility index (Phi) is 4.87. The normalized spacial score (nSPS) is 19.0. The summed E-state index contributed by atoms with van der Waals surface area (Å²) in [5, 5.41) is 3.55. The SMILES string of the molecule is CCC(c1ccc2c(c1)CN(C)CC2c1ccc2ccsc2c1)N(C)C. The maximum atomic E-state index is 2.46. The van der Waals surface area contributed by atoms with Crippen molar-refractivity contribution >= 4 is 21.4 Å². The fourth-order valence-electron chi connectivity index (χ4n) is 4.45. The van der Waals surface area contributed by atoms with Crippen LogP contribution >= 0.6 is 11.3 Å². The molecule has 0 radical (unpaired) electrons. The molecule has 0 N–H and O–H groups in total. The molecule has 1 aromatic heterocycles. The number of rotatable bonds is 4. The summed E-state index contributed by atoms with van der Waals surface area (Å²) in [6.45, 7) is 4.41. The molecule has 2 aromatic carbocycles. The van der Waals surface area contributed by atoms with Crippen LogP contribution in [0.2, 0.25) is 0 Å². The van der Waals surface area contributed by atoms with Gasteiger partial charge in [-0.15, -0.1) is 11.3 Å². The van der Waals surface area contributed by atoms with Crippen LogP contribution in [-0.2, 0) is 6.54 Å². The fourth-order valence-corrected chi connectivity index (χ4v) is 5.28. The third-order valence-corrected chi connectivity index (χ3v) is 6.63. The van der Waals surface area contributed by atoms with Gasteiger partial charge in [0.2, 0.25) is 0 Å². The number of likely N-dealkylation sites (N-methyl/N-ethyl adjacent to an activating group) is 1. The highest BCUT2D eigenvalue weighted by Gasteiger charge is 2.26. The summed E-state index contributed by atoms with van der Waals surface area (Å²) in [6.07, 6.45) is 1.14. The second kappa shape index (κ2) is 7.15. The van der Waals surface area contributed by atoms with E-state index in [2.05, 4.69) is 85.7 Å². The van der Waals surface area contributed by atoms with E-state index < -0.39 is 0 Å². The van der Waals surface area contributed by atoms with Crippen LogP contribution in [0.5, 0.6) is 0 Å². The average Bonchev–Trinajstić information content (AvgIpc) is 3.08. The Morgan fingerprint density at radius 3 is 2.77 bits per heavy atom. The highest BCUT2D eigenvalue weighted by Crippen LogP contribution is 2.37. The molecule has 0 fully saturated rings. The van der Waals surface area contributed by atoms with E-state index in [-0.39, 0.29) is 0 Å². The molecule has 0 saturated heterocycles. The third-order valence-electron chi connectivity index (χ3n) is 5.75.